The van der Waals surface area contributed by atoms with E-state index in [-0.39, 0.29) is 17.1 Å². The smallest absolute Gasteiger partial charge is 0.308 e. The topological polar surface area (TPSA) is 85.5 Å². The van der Waals surface area contributed by atoms with Crippen molar-refractivity contribution in [1.82, 2.24) is 4.98 Å². The molecule has 0 fully saturated rings. The van der Waals surface area contributed by atoms with Crippen molar-refractivity contribution in [2.75, 3.05) is 0 Å². The molecule has 0 bridgehead atoms. The summed E-state index contributed by atoms with van der Waals surface area (Å²) in [5.41, 5.74) is 0.387. The van der Waals surface area contributed by atoms with E-state index >= 15 is 0 Å². The minimum Gasteiger partial charge on any atom is -0.427 e. The van der Waals surface area contributed by atoms with Crippen molar-refractivity contribution in [2.45, 2.75) is 20.8 Å². The van der Waals surface area contributed by atoms with E-state index in [2.05, 4.69) is 4.98 Å². The first-order valence-corrected chi connectivity index (χ1v) is 5.91. The number of H-pyrrole nitrogens is 1. The van der Waals surface area contributed by atoms with E-state index in [0.717, 1.165) is 5.56 Å². The number of carbonyl (C=O) groups is 2. The second kappa shape index (κ2) is 5.16. The van der Waals surface area contributed by atoms with Gasteiger partial charge in [0.1, 0.15) is 11.5 Å². The molecule has 6 heteroatoms. The Labute approximate surface area is 114 Å². The molecule has 0 aliphatic heterocycles. The van der Waals surface area contributed by atoms with Crippen LogP contribution in [0.2, 0.25) is 0 Å². The quantitative estimate of drug-likeness (QED) is 0.665. The lowest BCUT2D eigenvalue weighted by Gasteiger charge is -2.10. The fraction of sp³-hybridized carbons (Fsp3) is 0.214. The molecule has 0 amide bonds. The summed E-state index contributed by atoms with van der Waals surface area (Å²) in [7, 11) is 0. The number of aromatic amines is 1. The molecule has 0 atom stereocenters. The second-order valence-electron chi connectivity index (χ2n) is 4.33. The van der Waals surface area contributed by atoms with E-state index in [4.69, 9.17) is 9.47 Å². The zero-order chi connectivity index (χ0) is 14.9. The van der Waals surface area contributed by atoms with Gasteiger partial charge in [-0.3, -0.25) is 14.4 Å². The van der Waals surface area contributed by atoms with Crippen molar-refractivity contribution >= 4 is 22.7 Å². The summed E-state index contributed by atoms with van der Waals surface area (Å²) >= 11 is 0. The molecule has 1 aromatic carbocycles. The molecule has 0 spiro atoms. The molecule has 0 saturated carbocycles. The Morgan fingerprint density at radius 3 is 2.35 bits per heavy atom. The van der Waals surface area contributed by atoms with Crippen LogP contribution in [0.15, 0.2) is 23.1 Å². The summed E-state index contributed by atoms with van der Waals surface area (Å²) in [6.07, 6.45) is 1.53. The van der Waals surface area contributed by atoms with Gasteiger partial charge in [0, 0.05) is 31.5 Å². The van der Waals surface area contributed by atoms with Crippen molar-refractivity contribution < 1.29 is 19.1 Å². The first kappa shape index (κ1) is 13.8. The molecule has 0 aliphatic rings. The average molecular weight is 275 g/mol. The van der Waals surface area contributed by atoms with Crippen LogP contribution in [0.1, 0.15) is 19.4 Å². The maximum Gasteiger partial charge on any atom is 0.308 e. The first-order chi connectivity index (χ1) is 9.38. The summed E-state index contributed by atoms with van der Waals surface area (Å²) in [5.74, 6) is -0.708. The standard InChI is InChI=1S/C14H13NO5/c1-7-6-15-14(18)11-4-10(19-8(2)16)5-12(13(7)11)20-9(3)17/h4-6H,1-3H3,(H,15,18). The molecule has 6 nitrogen and oxygen atoms in total. The van der Waals surface area contributed by atoms with Gasteiger partial charge >= 0.3 is 11.9 Å². The Bertz CT molecular complexity index is 760. The van der Waals surface area contributed by atoms with Gasteiger partial charge in [0.05, 0.1) is 5.39 Å². The number of rotatable bonds is 2. The Balaban J connectivity index is 2.77. The molecule has 1 N–H and O–H groups in total. The van der Waals surface area contributed by atoms with Crippen molar-refractivity contribution in [3.63, 3.8) is 0 Å². The molecule has 1 aromatic heterocycles. The predicted octanol–water partition coefficient (Wildman–Crippen LogP) is 1.69. The summed E-state index contributed by atoms with van der Waals surface area (Å²) in [5, 5.41) is 0.805. The van der Waals surface area contributed by atoms with Crippen LogP contribution < -0.4 is 15.0 Å². The fourth-order valence-electron chi connectivity index (χ4n) is 1.96. The lowest BCUT2D eigenvalue weighted by Crippen LogP contribution is -2.10. The van der Waals surface area contributed by atoms with E-state index in [0.29, 0.717) is 10.8 Å². The highest BCUT2D eigenvalue weighted by Crippen LogP contribution is 2.31. The maximum absolute atomic E-state index is 11.9. The van der Waals surface area contributed by atoms with Crippen LogP contribution >= 0.6 is 0 Å². The first-order valence-electron chi connectivity index (χ1n) is 5.91. The van der Waals surface area contributed by atoms with Gasteiger partial charge in [0.2, 0.25) is 0 Å². The molecular weight excluding hydrogens is 262 g/mol. The summed E-state index contributed by atoms with van der Waals surface area (Å²) in [6, 6.07) is 2.85. The Morgan fingerprint density at radius 2 is 1.75 bits per heavy atom. The third-order valence-electron chi connectivity index (χ3n) is 2.65. The summed E-state index contributed by atoms with van der Waals surface area (Å²) in [6.45, 7) is 4.28. The molecule has 1 heterocycles. The van der Waals surface area contributed by atoms with Crippen LogP contribution in [0.5, 0.6) is 11.5 Å². The Hall–Kier alpha value is -2.63. The van der Waals surface area contributed by atoms with Crippen LogP contribution in [0.3, 0.4) is 0 Å². The molecule has 2 aromatic rings. The summed E-state index contributed by atoms with van der Waals surface area (Å²) in [4.78, 5) is 36.6. The predicted molar refractivity (Wildman–Crippen MR) is 71.9 cm³/mol. The zero-order valence-electron chi connectivity index (χ0n) is 11.3. The highest BCUT2D eigenvalue weighted by Gasteiger charge is 2.14. The average Bonchev–Trinajstić information content (AvgIpc) is 2.32. The minimum atomic E-state index is -0.526. The molecule has 0 radical (unpaired) electrons. The Kier molecular flexibility index (Phi) is 3.56. The molecule has 20 heavy (non-hydrogen) atoms. The minimum absolute atomic E-state index is 0.150. The SMILES string of the molecule is CC(=O)Oc1cc(OC(C)=O)c2c(C)c[nH]c(=O)c2c1. The van der Waals surface area contributed by atoms with Gasteiger partial charge in [-0.2, -0.15) is 0 Å². The zero-order valence-corrected chi connectivity index (χ0v) is 11.3. The largest absolute Gasteiger partial charge is 0.427 e. The maximum atomic E-state index is 11.9. The number of nitrogens with one attached hydrogen (secondary N) is 1. The van der Waals surface area contributed by atoms with Gasteiger partial charge < -0.3 is 14.5 Å². The van der Waals surface area contributed by atoms with E-state index in [1.165, 1.54) is 32.2 Å². The van der Waals surface area contributed by atoms with E-state index in [1.54, 1.807) is 6.92 Å². The third-order valence-corrected chi connectivity index (χ3v) is 2.65. The number of pyridine rings is 1. The third kappa shape index (κ3) is 2.69. The van der Waals surface area contributed by atoms with Gasteiger partial charge in [0.25, 0.3) is 5.56 Å². The molecule has 104 valence electrons. The molecule has 2 rings (SSSR count). The number of fused-ring (bicyclic) bond motifs is 1. The number of esters is 2. The number of hydrogen-bond donors (Lipinski definition) is 1. The second-order valence-corrected chi connectivity index (χ2v) is 4.33. The lowest BCUT2D eigenvalue weighted by molar-refractivity contribution is -0.132. The molecule has 0 aliphatic carbocycles. The van der Waals surface area contributed by atoms with Gasteiger partial charge in [0.15, 0.2) is 0 Å². The van der Waals surface area contributed by atoms with Gasteiger partial charge in [-0.1, -0.05) is 0 Å². The monoisotopic (exact) mass is 275 g/mol. The van der Waals surface area contributed by atoms with E-state index < -0.39 is 11.9 Å². The van der Waals surface area contributed by atoms with Crippen molar-refractivity contribution in [2.24, 2.45) is 0 Å². The van der Waals surface area contributed by atoms with Crippen molar-refractivity contribution in [3.8, 4) is 11.5 Å². The van der Waals surface area contributed by atoms with Crippen LogP contribution in [-0.2, 0) is 9.59 Å². The Morgan fingerprint density at radius 1 is 1.10 bits per heavy atom. The number of aromatic nitrogens is 1. The number of hydrogen-bond acceptors (Lipinski definition) is 5. The molecule has 0 unspecified atom stereocenters. The normalized spacial score (nSPS) is 10.3. The fourth-order valence-corrected chi connectivity index (χ4v) is 1.96. The van der Waals surface area contributed by atoms with Crippen LogP contribution in [0.4, 0.5) is 0 Å². The highest BCUT2D eigenvalue weighted by molar-refractivity contribution is 5.93. The number of ether oxygens (including phenoxy) is 2. The summed E-state index contributed by atoms with van der Waals surface area (Å²) < 4.78 is 10.1. The molecular formula is C14H13NO5. The number of aryl methyl sites for hydroxylation is 1. The van der Waals surface area contributed by atoms with Crippen LogP contribution in [0, 0.1) is 6.92 Å². The van der Waals surface area contributed by atoms with E-state index in [9.17, 15) is 14.4 Å². The van der Waals surface area contributed by atoms with Gasteiger partial charge in [-0.25, -0.2) is 0 Å². The van der Waals surface area contributed by atoms with Gasteiger partial charge in [-0.05, 0) is 18.6 Å². The van der Waals surface area contributed by atoms with Crippen molar-refractivity contribution in [1.29, 1.82) is 0 Å². The van der Waals surface area contributed by atoms with E-state index in [1.807, 2.05) is 0 Å². The van der Waals surface area contributed by atoms with Crippen molar-refractivity contribution in [3.05, 3.63) is 34.2 Å². The van der Waals surface area contributed by atoms with Crippen LogP contribution in [0.25, 0.3) is 10.8 Å². The highest BCUT2D eigenvalue weighted by atomic mass is 16.5. The number of benzene rings is 1. The van der Waals surface area contributed by atoms with Crippen LogP contribution in [-0.4, -0.2) is 16.9 Å². The number of carbonyl (C=O) groups excluding carboxylic acids is 2. The molecule has 0 saturated heterocycles. The van der Waals surface area contributed by atoms with Gasteiger partial charge in [-0.15, -0.1) is 0 Å². The lowest BCUT2D eigenvalue weighted by atomic mass is 10.1.